The lowest BCUT2D eigenvalue weighted by atomic mass is 10.4. The highest BCUT2D eigenvalue weighted by molar-refractivity contribution is 7.99. The van der Waals surface area contributed by atoms with Crippen LogP contribution in [0.25, 0.3) is 0 Å². The second-order valence-corrected chi connectivity index (χ2v) is 9.69. The van der Waals surface area contributed by atoms with Gasteiger partial charge in [-0.2, -0.15) is 0 Å². The van der Waals surface area contributed by atoms with Crippen LogP contribution in [0.2, 0.25) is 0 Å². The Labute approximate surface area is 191 Å². The van der Waals surface area contributed by atoms with Crippen LogP contribution < -0.4 is 0 Å². The Kier molecular flexibility index (Phi) is 9.16. The predicted molar refractivity (Wildman–Crippen MR) is 133 cm³/mol. The molecular formula is C25H22S4. The van der Waals surface area contributed by atoms with Gasteiger partial charge in [0.2, 0.25) is 0 Å². The van der Waals surface area contributed by atoms with Crippen LogP contribution in [0.3, 0.4) is 0 Å². The van der Waals surface area contributed by atoms with E-state index in [1.54, 1.807) is 35.3 Å². The minimum Gasteiger partial charge on any atom is -0.143 e. The molecule has 29 heavy (non-hydrogen) atoms. The smallest absolute Gasteiger partial charge is 0.0123 e. The van der Waals surface area contributed by atoms with Crippen molar-refractivity contribution in [1.29, 1.82) is 0 Å². The molecule has 0 fully saturated rings. The summed E-state index contributed by atoms with van der Waals surface area (Å²) in [4.78, 5) is 7.40. The lowest BCUT2D eigenvalue weighted by Crippen LogP contribution is -1.73. The molecule has 0 aliphatic heterocycles. The van der Waals surface area contributed by atoms with Gasteiger partial charge < -0.3 is 0 Å². The molecule has 4 aromatic rings. The van der Waals surface area contributed by atoms with Crippen LogP contribution in [-0.4, -0.2) is 6.26 Å². The molecule has 0 aliphatic carbocycles. The third-order valence-electron chi connectivity index (χ3n) is 3.85. The number of thioether (sulfide) groups is 1. The Morgan fingerprint density at radius 3 is 1.21 bits per heavy atom. The molecular weight excluding hydrogens is 429 g/mol. The van der Waals surface area contributed by atoms with E-state index in [1.165, 1.54) is 24.5 Å². The zero-order valence-electron chi connectivity index (χ0n) is 16.1. The van der Waals surface area contributed by atoms with E-state index in [-0.39, 0.29) is 0 Å². The standard InChI is InChI=1S/C13H12S2.C12H10S2/c1-14-11-7-9-13(10-8-11)15-12-5-3-2-4-6-12;13-10-6-8-12(9-7-10)14-11-4-2-1-3-5-11/h2-10H,1H3;1-9,13H. The van der Waals surface area contributed by atoms with E-state index in [1.807, 2.05) is 24.3 Å². The molecule has 146 valence electrons. The summed E-state index contributed by atoms with van der Waals surface area (Å²) in [5, 5.41) is 0. The molecule has 0 radical (unpaired) electrons. The largest absolute Gasteiger partial charge is 0.143 e. The summed E-state index contributed by atoms with van der Waals surface area (Å²) in [6.45, 7) is 0. The van der Waals surface area contributed by atoms with Gasteiger partial charge in [0, 0.05) is 29.4 Å². The molecule has 0 heterocycles. The van der Waals surface area contributed by atoms with Crippen LogP contribution >= 0.6 is 47.9 Å². The van der Waals surface area contributed by atoms with Crippen LogP contribution in [0.15, 0.2) is 139 Å². The van der Waals surface area contributed by atoms with Crippen molar-refractivity contribution in [3.8, 4) is 0 Å². The van der Waals surface area contributed by atoms with Crippen LogP contribution in [0.4, 0.5) is 0 Å². The predicted octanol–water partition coefficient (Wildman–Crippen LogP) is 8.69. The third kappa shape index (κ3) is 7.90. The highest BCUT2D eigenvalue weighted by Crippen LogP contribution is 2.29. The van der Waals surface area contributed by atoms with E-state index >= 15 is 0 Å². The summed E-state index contributed by atoms with van der Waals surface area (Å²) in [5.74, 6) is 0. The molecule has 0 aromatic heterocycles. The van der Waals surface area contributed by atoms with E-state index in [2.05, 4.69) is 104 Å². The van der Waals surface area contributed by atoms with E-state index in [0.717, 1.165) is 4.90 Å². The van der Waals surface area contributed by atoms with E-state index in [9.17, 15) is 0 Å². The molecule has 0 nitrogen and oxygen atoms in total. The molecule has 0 unspecified atom stereocenters. The van der Waals surface area contributed by atoms with Crippen molar-refractivity contribution in [2.75, 3.05) is 6.26 Å². The van der Waals surface area contributed by atoms with Gasteiger partial charge in [-0.1, -0.05) is 59.9 Å². The normalized spacial score (nSPS) is 10.1. The SMILES string of the molecule is CSc1ccc(Sc2ccccc2)cc1.Sc1ccc(Sc2ccccc2)cc1. The van der Waals surface area contributed by atoms with Crippen LogP contribution in [-0.2, 0) is 0 Å². The average molecular weight is 451 g/mol. The molecule has 0 atom stereocenters. The van der Waals surface area contributed by atoms with Gasteiger partial charge in [0.25, 0.3) is 0 Å². The minimum absolute atomic E-state index is 1.00. The first-order chi connectivity index (χ1) is 14.2. The maximum absolute atomic E-state index is 4.25. The molecule has 0 spiro atoms. The molecule has 0 saturated heterocycles. The second-order valence-electron chi connectivity index (χ2n) is 6.00. The van der Waals surface area contributed by atoms with Crippen molar-refractivity contribution < 1.29 is 0 Å². The highest BCUT2D eigenvalue weighted by Gasteiger charge is 1.97. The maximum Gasteiger partial charge on any atom is 0.0123 e. The Hall–Kier alpha value is -1.72. The van der Waals surface area contributed by atoms with Crippen molar-refractivity contribution >= 4 is 47.9 Å². The summed E-state index contributed by atoms with van der Waals surface area (Å²) >= 11 is 9.58. The van der Waals surface area contributed by atoms with E-state index < -0.39 is 0 Å². The highest BCUT2D eigenvalue weighted by atomic mass is 32.2. The Bertz CT molecular complexity index is 967. The molecule has 4 rings (SSSR count). The van der Waals surface area contributed by atoms with E-state index in [0.29, 0.717) is 0 Å². The fraction of sp³-hybridized carbons (Fsp3) is 0.0400. The van der Waals surface area contributed by atoms with Crippen molar-refractivity contribution in [3.05, 3.63) is 109 Å². The molecule has 0 bridgehead atoms. The quantitative estimate of drug-likeness (QED) is 0.239. The van der Waals surface area contributed by atoms with Gasteiger partial charge in [-0.15, -0.1) is 24.4 Å². The zero-order valence-corrected chi connectivity index (χ0v) is 19.4. The van der Waals surface area contributed by atoms with Crippen LogP contribution in [0.5, 0.6) is 0 Å². The molecule has 0 aliphatic rings. The topological polar surface area (TPSA) is 0 Å². The number of rotatable bonds is 5. The van der Waals surface area contributed by atoms with Gasteiger partial charge in [-0.05, 0) is 79.1 Å². The monoisotopic (exact) mass is 450 g/mol. The number of hydrogen-bond donors (Lipinski definition) is 1. The van der Waals surface area contributed by atoms with Gasteiger partial charge in [-0.25, -0.2) is 0 Å². The minimum atomic E-state index is 1.00. The summed E-state index contributed by atoms with van der Waals surface area (Å²) in [5.41, 5.74) is 0. The van der Waals surface area contributed by atoms with Crippen molar-refractivity contribution in [1.82, 2.24) is 0 Å². The fourth-order valence-electron chi connectivity index (χ4n) is 2.41. The molecule has 0 saturated carbocycles. The zero-order chi connectivity index (χ0) is 20.3. The first kappa shape index (κ1) is 22.0. The van der Waals surface area contributed by atoms with Gasteiger partial charge in [-0.3, -0.25) is 0 Å². The van der Waals surface area contributed by atoms with Crippen molar-refractivity contribution in [3.63, 3.8) is 0 Å². The van der Waals surface area contributed by atoms with Crippen molar-refractivity contribution in [2.24, 2.45) is 0 Å². The second kappa shape index (κ2) is 12.1. The Balaban J connectivity index is 0.000000166. The van der Waals surface area contributed by atoms with Crippen LogP contribution in [0.1, 0.15) is 0 Å². The molecule has 0 N–H and O–H groups in total. The molecule has 4 aromatic carbocycles. The third-order valence-corrected chi connectivity index (χ3v) is 6.93. The number of thiol groups is 1. The summed E-state index contributed by atoms with van der Waals surface area (Å²) < 4.78 is 0. The Morgan fingerprint density at radius 1 is 0.448 bits per heavy atom. The van der Waals surface area contributed by atoms with Crippen LogP contribution in [0, 0.1) is 0 Å². The number of benzene rings is 4. The Morgan fingerprint density at radius 2 is 0.793 bits per heavy atom. The average Bonchev–Trinajstić information content (AvgIpc) is 2.78. The van der Waals surface area contributed by atoms with Gasteiger partial charge in [0.15, 0.2) is 0 Å². The van der Waals surface area contributed by atoms with Gasteiger partial charge in [0.05, 0.1) is 0 Å². The fourth-order valence-corrected chi connectivity index (χ4v) is 4.64. The first-order valence-electron chi connectivity index (χ1n) is 9.12. The summed E-state index contributed by atoms with van der Waals surface area (Å²) in [7, 11) is 0. The molecule has 0 amide bonds. The summed E-state index contributed by atoms with van der Waals surface area (Å²) in [6, 6.07) is 37.6. The van der Waals surface area contributed by atoms with Gasteiger partial charge in [0.1, 0.15) is 0 Å². The van der Waals surface area contributed by atoms with E-state index in [4.69, 9.17) is 0 Å². The lowest BCUT2D eigenvalue weighted by Gasteiger charge is -2.02. The molecule has 4 heteroatoms. The van der Waals surface area contributed by atoms with Crippen molar-refractivity contribution in [2.45, 2.75) is 29.4 Å². The lowest BCUT2D eigenvalue weighted by molar-refractivity contribution is 1.34. The first-order valence-corrected chi connectivity index (χ1v) is 12.4. The maximum atomic E-state index is 4.25. The van der Waals surface area contributed by atoms with Gasteiger partial charge >= 0.3 is 0 Å². The number of hydrogen-bond acceptors (Lipinski definition) is 4. The summed E-state index contributed by atoms with van der Waals surface area (Å²) in [6.07, 6.45) is 2.10.